The molecular weight excluding hydrogens is 236 g/mol. The van der Waals surface area contributed by atoms with E-state index >= 15 is 0 Å². The number of piperidine rings is 1. The van der Waals surface area contributed by atoms with Gasteiger partial charge in [0, 0.05) is 24.3 Å². The predicted molar refractivity (Wildman–Crippen MR) is 79.2 cm³/mol. The van der Waals surface area contributed by atoms with E-state index in [0.29, 0.717) is 6.04 Å². The number of aromatic nitrogens is 2. The summed E-state index contributed by atoms with van der Waals surface area (Å²) in [4.78, 5) is 2.60. The van der Waals surface area contributed by atoms with E-state index in [1.54, 1.807) is 0 Å². The summed E-state index contributed by atoms with van der Waals surface area (Å²) in [6, 6.07) is 0.404. The van der Waals surface area contributed by atoms with Gasteiger partial charge in [-0.1, -0.05) is 6.42 Å². The zero-order chi connectivity index (χ0) is 13.5. The highest BCUT2D eigenvalue weighted by atomic mass is 15.3. The van der Waals surface area contributed by atoms with Crippen molar-refractivity contribution in [2.45, 2.75) is 52.1 Å². The molecule has 2 heterocycles. The SMILES string of the molecule is CCn1cc(C(C)NCCCN2CCCCC2)cn1. The number of likely N-dealkylation sites (tertiary alicyclic amines) is 1. The monoisotopic (exact) mass is 264 g/mol. The molecule has 0 amide bonds. The summed E-state index contributed by atoms with van der Waals surface area (Å²) in [5, 5.41) is 7.92. The van der Waals surface area contributed by atoms with Crippen LogP contribution in [0.3, 0.4) is 0 Å². The van der Waals surface area contributed by atoms with Crippen LogP contribution in [0.4, 0.5) is 0 Å². The first-order valence-electron chi connectivity index (χ1n) is 7.77. The van der Waals surface area contributed by atoms with E-state index in [1.807, 2.05) is 10.9 Å². The van der Waals surface area contributed by atoms with Crippen LogP contribution in [-0.4, -0.2) is 40.9 Å². The Morgan fingerprint density at radius 1 is 1.32 bits per heavy atom. The lowest BCUT2D eigenvalue weighted by Crippen LogP contribution is -2.32. The van der Waals surface area contributed by atoms with Gasteiger partial charge in [0.05, 0.1) is 6.20 Å². The first-order valence-corrected chi connectivity index (χ1v) is 7.77. The summed E-state index contributed by atoms with van der Waals surface area (Å²) in [5.74, 6) is 0. The molecule has 1 N–H and O–H groups in total. The first-order chi connectivity index (χ1) is 9.29. The second-order valence-corrected chi connectivity index (χ2v) is 5.56. The molecule has 1 unspecified atom stereocenters. The van der Waals surface area contributed by atoms with Crippen LogP contribution >= 0.6 is 0 Å². The van der Waals surface area contributed by atoms with Gasteiger partial charge in [-0.25, -0.2) is 0 Å². The Morgan fingerprint density at radius 3 is 2.79 bits per heavy atom. The van der Waals surface area contributed by atoms with Gasteiger partial charge < -0.3 is 10.2 Å². The number of hydrogen-bond donors (Lipinski definition) is 1. The summed E-state index contributed by atoms with van der Waals surface area (Å²) in [5.41, 5.74) is 1.29. The summed E-state index contributed by atoms with van der Waals surface area (Å²) in [6.07, 6.45) is 9.56. The van der Waals surface area contributed by atoms with Crippen molar-refractivity contribution in [3.8, 4) is 0 Å². The zero-order valence-corrected chi connectivity index (χ0v) is 12.4. The Hall–Kier alpha value is -0.870. The van der Waals surface area contributed by atoms with Crippen molar-refractivity contribution in [3.05, 3.63) is 18.0 Å². The van der Waals surface area contributed by atoms with Crippen LogP contribution in [-0.2, 0) is 6.54 Å². The summed E-state index contributed by atoms with van der Waals surface area (Å²) in [7, 11) is 0. The van der Waals surface area contributed by atoms with Crippen LogP contribution in [0.15, 0.2) is 12.4 Å². The van der Waals surface area contributed by atoms with Crippen molar-refractivity contribution in [2.24, 2.45) is 0 Å². The zero-order valence-electron chi connectivity index (χ0n) is 12.4. The van der Waals surface area contributed by atoms with E-state index in [4.69, 9.17) is 0 Å². The van der Waals surface area contributed by atoms with Crippen LogP contribution in [0.5, 0.6) is 0 Å². The predicted octanol–water partition coefficient (Wildman–Crippen LogP) is 2.43. The van der Waals surface area contributed by atoms with Crippen molar-refractivity contribution in [3.63, 3.8) is 0 Å². The van der Waals surface area contributed by atoms with Gasteiger partial charge in [-0.3, -0.25) is 4.68 Å². The Labute approximate surface area is 117 Å². The van der Waals surface area contributed by atoms with E-state index in [2.05, 4.69) is 35.4 Å². The number of nitrogens with zero attached hydrogens (tertiary/aromatic N) is 3. The van der Waals surface area contributed by atoms with Crippen molar-refractivity contribution in [2.75, 3.05) is 26.2 Å². The smallest absolute Gasteiger partial charge is 0.0537 e. The molecule has 1 saturated heterocycles. The summed E-state index contributed by atoms with van der Waals surface area (Å²) < 4.78 is 1.99. The van der Waals surface area contributed by atoms with Gasteiger partial charge in [0.15, 0.2) is 0 Å². The largest absolute Gasteiger partial charge is 0.310 e. The topological polar surface area (TPSA) is 33.1 Å². The second kappa shape index (κ2) is 7.65. The van der Waals surface area contributed by atoms with Crippen molar-refractivity contribution in [1.29, 1.82) is 0 Å². The van der Waals surface area contributed by atoms with Crippen molar-refractivity contribution < 1.29 is 0 Å². The Balaban J connectivity index is 1.61. The lowest BCUT2D eigenvalue weighted by molar-refractivity contribution is 0.225. The molecule has 0 saturated carbocycles. The average molecular weight is 264 g/mol. The molecule has 1 aliphatic rings. The van der Waals surface area contributed by atoms with E-state index in [0.717, 1.165) is 13.1 Å². The summed E-state index contributed by atoms with van der Waals surface area (Å²) >= 11 is 0. The van der Waals surface area contributed by atoms with Gasteiger partial charge in [-0.05, 0) is 59.3 Å². The Kier molecular flexibility index (Phi) is 5.86. The first kappa shape index (κ1) is 14.5. The maximum Gasteiger partial charge on any atom is 0.0537 e. The van der Waals surface area contributed by atoms with Crippen molar-refractivity contribution >= 4 is 0 Å². The van der Waals surface area contributed by atoms with Crippen LogP contribution in [0.2, 0.25) is 0 Å². The van der Waals surface area contributed by atoms with Crippen molar-refractivity contribution in [1.82, 2.24) is 20.0 Å². The highest BCUT2D eigenvalue weighted by Crippen LogP contribution is 2.11. The molecule has 4 nitrogen and oxygen atoms in total. The minimum absolute atomic E-state index is 0.404. The molecule has 19 heavy (non-hydrogen) atoms. The molecule has 4 heteroatoms. The lowest BCUT2D eigenvalue weighted by Gasteiger charge is -2.26. The van der Waals surface area contributed by atoms with E-state index in [1.165, 1.54) is 50.9 Å². The number of nitrogens with one attached hydrogen (secondary N) is 1. The molecule has 0 radical (unpaired) electrons. The molecule has 108 valence electrons. The fourth-order valence-electron chi connectivity index (χ4n) is 2.70. The van der Waals surface area contributed by atoms with E-state index in [-0.39, 0.29) is 0 Å². The van der Waals surface area contributed by atoms with Gasteiger partial charge in [-0.2, -0.15) is 5.10 Å². The molecule has 1 aromatic heterocycles. The van der Waals surface area contributed by atoms with Gasteiger partial charge in [0.1, 0.15) is 0 Å². The second-order valence-electron chi connectivity index (χ2n) is 5.56. The normalized spacial score (nSPS) is 18.6. The molecule has 0 spiro atoms. The molecular formula is C15H28N4. The van der Waals surface area contributed by atoms with Crippen LogP contribution in [0, 0.1) is 0 Å². The third-order valence-electron chi connectivity index (χ3n) is 4.03. The fraction of sp³-hybridized carbons (Fsp3) is 0.800. The maximum atomic E-state index is 4.33. The Bertz CT molecular complexity index is 355. The minimum Gasteiger partial charge on any atom is -0.310 e. The average Bonchev–Trinajstić information content (AvgIpc) is 2.93. The highest BCUT2D eigenvalue weighted by Gasteiger charge is 2.10. The van der Waals surface area contributed by atoms with E-state index < -0.39 is 0 Å². The molecule has 0 bridgehead atoms. The third kappa shape index (κ3) is 4.62. The molecule has 0 aliphatic carbocycles. The van der Waals surface area contributed by atoms with Gasteiger partial charge in [-0.15, -0.1) is 0 Å². The lowest BCUT2D eigenvalue weighted by atomic mass is 10.1. The molecule has 1 atom stereocenters. The van der Waals surface area contributed by atoms with Crippen LogP contribution < -0.4 is 5.32 Å². The Morgan fingerprint density at radius 2 is 2.11 bits per heavy atom. The molecule has 2 rings (SSSR count). The van der Waals surface area contributed by atoms with Crippen LogP contribution in [0.25, 0.3) is 0 Å². The third-order valence-corrected chi connectivity index (χ3v) is 4.03. The maximum absolute atomic E-state index is 4.33. The van der Waals surface area contributed by atoms with Gasteiger partial charge in [0.2, 0.25) is 0 Å². The highest BCUT2D eigenvalue weighted by molar-refractivity contribution is 5.08. The molecule has 1 fully saturated rings. The quantitative estimate of drug-likeness (QED) is 0.768. The standard InChI is InChI=1S/C15H28N4/c1-3-19-13-15(12-17-19)14(2)16-8-7-11-18-9-5-4-6-10-18/h12-14,16H,3-11H2,1-2H3. The summed E-state index contributed by atoms with van der Waals surface area (Å²) in [6.45, 7) is 10.2. The molecule has 0 aromatic carbocycles. The minimum atomic E-state index is 0.404. The number of hydrogen-bond acceptors (Lipinski definition) is 3. The molecule has 1 aliphatic heterocycles. The van der Waals surface area contributed by atoms with Gasteiger partial charge in [0.25, 0.3) is 0 Å². The fourth-order valence-corrected chi connectivity index (χ4v) is 2.70. The molecule has 1 aromatic rings. The van der Waals surface area contributed by atoms with Crippen LogP contribution in [0.1, 0.15) is 51.1 Å². The number of aryl methyl sites for hydroxylation is 1. The van der Waals surface area contributed by atoms with Gasteiger partial charge >= 0.3 is 0 Å². The number of rotatable bonds is 7. The van der Waals surface area contributed by atoms with E-state index in [9.17, 15) is 0 Å².